The summed E-state index contributed by atoms with van der Waals surface area (Å²) < 4.78 is 14.6. The van der Waals surface area contributed by atoms with E-state index in [1.165, 1.54) is 11.0 Å². The molecule has 2 heterocycles. The number of hydrogen-bond donors (Lipinski definition) is 0. The van der Waals surface area contributed by atoms with Crippen molar-refractivity contribution in [3.05, 3.63) is 88.5 Å². The van der Waals surface area contributed by atoms with Crippen LogP contribution in [0.15, 0.2) is 54.7 Å². The van der Waals surface area contributed by atoms with Gasteiger partial charge in [0.25, 0.3) is 5.91 Å². The molecule has 0 aliphatic carbocycles. The van der Waals surface area contributed by atoms with Crippen molar-refractivity contribution in [3.63, 3.8) is 0 Å². The Morgan fingerprint density at radius 1 is 1.16 bits per heavy atom. The van der Waals surface area contributed by atoms with Gasteiger partial charge >= 0.3 is 0 Å². The summed E-state index contributed by atoms with van der Waals surface area (Å²) in [7, 11) is 0. The highest BCUT2D eigenvalue weighted by atomic mass is 19.1. The molecule has 0 unspecified atom stereocenters. The van der Waals surface area contributed by atoms with Crippen molar-refractivity contribution < 1.29 is 14.0 Å². The van der Waals surface area contributed by atoms with Crippen molar-refractivity contribution in [1.29, 1.82) is 0 Å². The summed E-state index contributed by atoms with van der Waals surface area (Å²) in [6.07, 6.45) is 2.14. The molecule has 6 nitrogen and oxygen atoms in total. The van der Waals surface area contributed by atoms with Gasteiger partial charge in [0.1, 0.15) is 12.4 Å². The van der Waals surface area contributed by atoms with Crippen molar-refractivity contribution in [2.75, 3.05) is 18.0 Å². The second-order valence-electron chi connectivity index (χ2n) is 8.22. The zero-order valence-corrected chi connectivity index (χ0v) is 18.4. The monoisotopic (exact) mass is 432 g/mol. The molecule has 1 saturated heterocycles. The zero-order valence-electron chi connectivity index (χ0n) is 18.4. The molecule has 2 aromatic carbocycles. The van der Waals surface area contributed by atoms with Gasteiger partial charge in [0.15, 0.2) is 0 Å². The van der Waals surface area contributed by atoms with Gasteiger partial charge in [-0.15, -0.1) is 0 Å². The zero-order chi connectivity index (χ0) is 22.8. The largest absolute Gasteiger partial charge is 0.327 e. The van der Waals surface area contributed by atoms with Crippen LogP contribution in [0.25, 0.3) is 0 Å². The maximum atomic E-state index is 14.6. The molecular weight excluding hydrogens is 407 g/mol. The van der Waals surface area contributed by atoms with Crippen LogP contribution in [0.5, 0.6) is 0 Å². The van der Waals surface area contributed by atoms with E-state index in [0.29, 0.717) is 13.0 Å². The fraction of sp³-hybridized carbons (Fsp3) is 0.280. The highest BCUT2D eigenvalue weighted by Crippen LogP contribution is 2.23. The lowest BCUT2D eigenvalue weighted by Crippen LogP contribution is -2.57. The third-order valence-corrected chi connectivity index (χ3v) is 5.93. The molecule has 1 aromatic heterocycles. The number of aromatic nitrogens is 2. The molecule has 0 saturated carbocycles. The Kier molecular flexibility index (Phi) is 5.99. The van der Waals surface area contributed by atoms with E-state index in [9.17, 15) is 14.0 Å². The van der Waals surface area contributed by atoms with Gasteiger partial charge in [-0.3, -0.25) is 9.59 Å². The first kappa shape index (κ1) is 21.6. The molecule has 0 spiro atoms. The molecule has 164 valence electrons. The SMILES string of the molecule is Cc1cnnc(Cc2ccc(F)c(C(=O)N3CC(=O)N(c4ccccc4)[C@H](C)C3)c2)c1C. The van der Waals surface area contributed by atoms with Crippen molar-refractivity contribution in [1.82, 2.24) is 15.1 Å². The molecule has 4 rings (SSSR count). The minimum atomic E-state index is -0.601. The first-order chi connectivity index (χ1) is 15.3. The minimum absolute atomic E-state index is 0.0334. The van der Waals surface area contributed by atoms with E-state index in [0.717, 1.165) is 28.1 Å². The first-order valence-corrected chi connectivity index (χ1v) is 10.6. The second-order valence-corrected chi connectivity index (χ2v) is 8.22. The third-order valence-electron chi connectivity index (χ3n) is 5.93. The average molecular weight is 432 g/mol. The Balaban J connectivity index is 1.55. The van der Waals surface area contributed by atoms with Crippen molar-refractivity contribution in [2.24, 2.45) is 0 Å². The molecule has 0 radical (unpaired) electrons. The number of carbonyl (C=O) groups is 2. The Morgan fingerprint density at radius 2 is 1.91 bits per heavy atom. The summed E-state index contributed by atoms with van der Waals surface area (Å²) in [4.78, 5) is 29.1. The molecule has 3 aromatic rings. The minimum Gasteiger partial charge on any atom is -0.327 e. The molecule has 2 amide bonds. The van der Waals surface area contributed by atoms with Crippen LogP contribution < -0.4 is 4.90 Å². The quantitative estimate of drug-likeness (QED) is 0.631. The summed E-state index contributed by atoms with van der Waals surface area (Å²) in [6, 6.07) is 13.6. The van der Waals surface area contributed by atoms with Gasteiger partial charge in [-0.1, -0.05) is 24.3 Å². The Morgan fingerprint density at radius 3 is 2.62 bits per heavy atom. The fourth-order valence-corrected chi connectivity index (χ4v) is 4.05. The summed E-state index contributed by atoms with van der Waals surface area (Å²) in [6.45, 7) is 6.04. The van der Waals surface area contributed by atoms with Gasteiger partial charge in [-0.05, 0) is 61.7 Å². The van der Waals surface area contributed by atoms with E-state index in [2.05, 4.69) is 10.2 Å². The second kappa shape index (κ2) is 8.86. The molecule has 1 fully saturated rings. The van der Waals surface area contributed by atoms with Crippen LogP contribution in [0.2, 0.25) is 0 Å². The van der Waals surface area contributed by atoms with Gasteiger partial charge < -0.3 is 9.80 Å². The molecular formula is C25H25FN4O2. The van der Waals surface area contributed by atoms with Crippen LogP contribution in [0.1, 0.15) is 39.7 Å². The molecule has 1 atom stereocenters. The first-order valence-electron chi connectivity index (χ1n) is 10.6. The number of carbonyl (C=O) groups excluding carboxylic acids is 2. The maximum absolute atomic E-state index is 14.6. The topological polar surface area (TPSA) is 66.4 Å². The Hall–Kier alpha value is -3.61. The number of hydrogen-bond acceptors (Lipinski definition) is 4. The van der Waals surface area contributed by atoms with Crippen LogP contribution in [0.3, 0.4) is 0 Å². The van der Waals surface area contributed by atoms with Crippen LogP contribution in [0, 0.1) is 19.7 Å². The summed E-state index contributed by atoms with van der Waals surface area (Å²) >= 11 is 0. The lowest BCUT2D eigenvalue weighted by atomic mass is 10.0. The average Bonchev–Trinajstić information content (AvgIpc) is 2.78. The number of rotatable bonds is 4. The van der Waals surface area contributed by atoms with Gasteiger partial charge in [-0.2, -0.15) is 10.2 Å². The normalized spacial score (nSPS) is 16.4. The van der Waals surface area contributed by atoms with Crippen molar-refractivity contribution in [2.45, 2.75) is 33.2 Å². The molecule has 7 heteroatoms. The van der Waals surface area contributed by atoms with Gasteiger partial charge in [0.05, 0.1) is 23.5 Å². The number of amides is 2. The van der Waals surface area contributed by atoms with Gasteiger partial charge in [-0.25, -0.2) is 4.39 Å². The smallest absolute Gasteiger partial charge is 0.257 e. The molecule has 0 N–H and O–H groups in total. The highest BCUT2D eigenvalue weighted by molar-refractivity contribution is 6.02. The van der Waals surface area contributed by atoms with E-state index in [-0.39, 0.29) is 24.1 Å². The van der Waals surface area contributed by atoms with Crippen LogP contribution >= 0.6 is 0 Å². The molecule has 1 aliphatic rings. The standard InChI is InChI=1S/C25H25FN4O2/c1-16-13-27-28-23(18(16)3)12-19-9-10-22(26)21(11-19)25(32)29-14-17(2)30(24(31)15-29)20-7-5-4-6-8-20/h4-11,13,17H,12,14-15H2,1-3H3/t17-/m1/s1. The van der Waals surface area contributed by atoms with Crippen molar-refractivity contribution in [3.8, 4) is 0 Å². The predicted molar refractivity (Wildman–Crippen MR) is 120 cm³/mol. The number of para-hydroxylation sites is 1. The number of halogens is 1. The number of benzene rings is 2. The van der Waals surface area contributed by atoms with E-state index in [1.54, 1.807) is 23.2 Å². The third kappa shape index (κ3) is 4.23. The summed E-state index contributed by atoms with van der Waals surface area (Å²) in [5, 5.41) is 8.19. The van der Waals surface area contributed by atoms with E-state index < -0.39 is 11.7 Å². The lowest BCUT2D eigenvalue weighted by Gasteiger charge is -2.39. The van der Waals surface area contributed by atoms with Gasteiger partial charge in [0, 0.05) is 18.7 Å². The Bertz CT molecular complexity index is 1170. The number of anilines is 1. The van der Waals surface area contributed by atoms with E-state index in [4.69, 9.17) is 0 Å². The number of nitrogens with zero attached hydrogens (tertiary/aromatic N) is 4. The summed E-state index contributed by atoms with van der Waals surface area (Å²) in [5.74, 6) is -1.27. The number of piperazine rings is 1. The van der Waals surface area contributed by atoms with E-state index >= 15 is 0 Å². The van der Waals surface area contributed by atoms with Crippen LogP contribution in [0.4, 0.5) is 10.1 Å². The fourth-order valence-electron chi connectivity index (χ4n) is 4.05. The molecule has 32 heavy (non-hydrogen) atoms. The molecule has 0 bridgehead atoms. The van der Waals surface area contributed by atoms with Crippen LogP contribution in [-0.4, -0.2) is 46.0 Å². The highest BCUT2D eigenvalue weighted by Gasteiger charge is 2.34. The number of aryl methyl sites for hydroxylation is 1. The predicted octanol–water partition coefficient (Wildman–Crippen LogP) is 3.70. The Labute approximate surface area is 186 Å². The molecule has 1 aliphatic heterocycles. The lowest BCUT2D eigenvalue weighted by molar-refractivity contribution is -0.121. The van der Waals surface area contributed by atoms with Crippen molar-refractivity contribution >= 4 is 17.5 Å². The van der Waals surface area contributed by atoms with Gasteiger partial charge in [0.2, 0.25) is 5.91 Å². The summed E-state index contributed by atoms with van der Waals surface area (Å²) in [5.41, 5.74) is 4.36. The van der Waals surface area contributed by atoms with E-state index in [1.807, 2.05) is 51.1 Å². The maximum Gasteiger partial charge on any atom is 0.257 e. The van der Waals surface area contributed by atoms with Crippen LogP contribution in [-0.2, 0) is 11.2 Å².